The van der Waals surface area contributed by atoms with Crippen LogP contribution in [0.15, 0.2) is 41.8 Å². The van der Waals surface area contributed by atoms with Gasteiger partial charge in [0.2, 0.25) is 5.91 Å². The van der Waals surface area contributed by atoms with E-state index in [1.54, 1.807) is 40.5 Å². The molecule has 2 aromatic rings. The maximum absolute atomic E-state index is 12.6. The highest BCUT2D eigenvalue weighted by atomic mass is 32.1. The third-order valence-corrected chi connectivity index (χ3v) is 4.71. The molecule has 2 amide bonds. The third kappa shape index (κ3) is 4.21. The monoisotopic (exact) mass is 344 g/mol. The molecule has 3 rings (SSSR count). The van der Waals surface area contributed by atoms with E-state index >= 15 is 0 Å². The van der Waals surface area contributed by atoms with Crippen LogP contribution in [0.25, 0.3) is 0 Å². The van der Waals surface area contributed by atoms with E-state index in [-0.39, 0.29) is 17.9 Å². The number of morpholine rings is 1. The van der Waals surface area contributed by atoms with Crippen LogP contribution in [0.2, 0.25) is 0 Å². The maximum atomic E-state index is 12.6. The number of nitrogens with one attached hydrogen (secondary N) is 1. The van der Waals surface area contributed by atoms with Crippen LogP contribution < -0.4 is 5.32 Å². The highest BCUT2D eigenvalue weighted by Crippen LogP contribution is 2.16. The average molecular weight is 344 g/mol. The second-order valence-corrected chi connectivity index (χ2v) is 6.85. The first kappa shape index (κ1) is 16.7. The van der Waals surface area contributed by atoms with E-state index in [2.05, 4.69) is 5.32 Å². The van der Waals surface area contributed by atoms with Crippen LogP contribution in [-0.4, -0.2) is 42.5 Å². The SMILES string of the molecule is CC1CN(C(=O)c2cccc(NC(=O)Cc3cccs3)c2)CCO1. The van der Waals surface area contributed by atoms with Gasteiger partial charge in [0, 0.05) is 29.2 Å². The van der Waals surface area contributed by atoms with E-state index in [4.69, 9.17) is 4.74 Å². The van der Waals surface area contributed by atoms with Crippen molar-refractivity contribution in [2.45, 2.75) is 19.4 Å². The lowest BCUT2D eigenvalue weighted by Crippen LogP contribution is -2.44. The molecule has 1 fully saturated rings. The molecule has 1 aliphatic heterocycles. The van der Waals surface area contributed by atoms with Crippen molar-refractivity contribution in [2.24, 2.45) is 0 Å². The van der Waals surface area contributed by atoms with Crippen molar-refractivity contribution < 1.29 is 14.3 Å². The van der Waals surface area contributed by atoms with Crippen LogP contribution in [0, 0.1) is 0 Å². The molecule has 0 spiro atoms. The third-order valence-electron chi connectivity index (χ3n) is 3.84. The van der Waals surface area contributed by atoms with Gasteiger partial charge < -0.3 is 15.0 Å². The molecule has 1 atom stereocenters. The number of carbonyl (C=O) groups is 2. The lowest BCUT2D eigenvalue weighted by atomic mass is 10.1. The number of hydrogen-bond acceptors (Lipinski definition) is 4. The van der Waals surface area contributed by atoms with Gasteiger partial charge in [-0.1, -0.05) is 12.1 Å². The van der Waals surface area contributed by atoms with Crippen molar-refractivity contribution in [3.8, 4) is 0 Å². The Balaban J connectivity index is 1.65. The Labute approximate surface area is 145 Å². The zero-order chi connectivity index (χ0) is 16.9. The van der Waals surface area contributed by atoms with Gasteiger partial charge in [-0.05, 0) is 36.6 Å². The Morgan fingerprint density at radius 1 is 1.33 bits per heavy atom. The molecule has 1 aliphatic rings. The summed E-state index contributed by atoms with van der Waals surface area (Å²) in [6.45, 7) is 3.71. The van der Waals surface area contributed by atoms with Gasteiger partial charge in [0.1, 0.15) is 0 Å². The zero-order valence-electron chi connectivity index (χ0n) is 13.5. The van der Waals surface area contributed by atoms with E-state index in [0.29, 0.717) is 37.4 Å². The summed E-state index contributed by atoms with van der Waals surface area (Å²) < 4.78 is 5.47. The van der Waals surface area contributed by atoms with Crippen LogP contribution in [0.5, 0.6) is 0 Å². The number of ether oxygens (including phenoxy) is 1. The minimum absolute atomic E-state index is 0.0282. The lowest BCUT2D eigenvalue weighted by molar-refractivity contribution is -0.115. The van der Waals surface area contributed by atoms with Gasteiger partial charge in [0.25, 0.3) is 5.91 Å². The second kappa shape index (κ2) is 7.59. The predicted molar refractivity (Wildman–Crippen MR) is 94.4 cm³/mol. The number of amides is 2. The topological polar surface area (TPSA) is 58.6 Å². The summed E-state index contributed by atoms with van der Waals surface area (Å²) in [5, 5.41) is 4.81. The van der Waals surface area contributed by atoms with E-state index < -0.39 is 0 Å². The molecule has 0 aliphatic carbocycles. The molecule has 1 aromatic carbocycles. The molecule has 2 heterocycles. The zero-order valence-corrected chi connectivity index (χ0v) is 14.3. The molecule has 126 valence electrons. The highest BCUT2D eigenvalue weighted by Gasteiger charge is 2.22. The largest absolute Gasteiger partial charge is 0.375 e. The molecular weight excluding hydrogens is 324 g/mol. The van der Waals surface area contributed by atoms with Crippen molar-refractivity contribution in [2.75, 3.05) is 25.0 Å². The molecule has 0 saturated carbocycles. The Kier molecular flexibility index (Phi) is 5.27. The first-order chi connectivity index (χ1) is 11.6. The molecule has 0 bridgehead atoms. The van der Waals surface area contributed by atoms with Crippen molar-refractivity contribution >= 4 is 28.8 Å². The van der Waals surface area contributed by atoms with Crippen LogP contribution in [0.4, 0.5) is 5.69 Å². The summed E-state index contributed by atoms with van der Waals surface area (Å²) in [4.78, 5) is 27.5. The first-order valence-corrected chi connectivity index (χ1v) is 8.83. The van der Waals surface area contributed by atoms with Crippen molar-refractivity contribution in [3.05, 3.63) is 52.2 Å². The smallest absolute Gasteiger partial charge is 0.254 e. The van der Waals surface area contributed by atoms with Crippen LogP contribution in [0.1, 0.15) is 22.2 Å². The minimum atomic E-state index is -0.0814. The van der Waals surface area contributed by atoms with Gasteiger partial charge in [-0.25, -0.2) is 0 Å². The van der Waals surface area contributed by atoms with Crippen molar-refractivity contribution in [1.29, 1.82) is 0 Å². The van der Waals surface area contributed by atoms with Crippen molar-refractivity contribution in [3.63, 3.8) is 0 Å². The quantitative estimate of drug-likeness (QED) is 0.928. The molecule has 1 saturated heterocycles. The van der Waals surface area contributed by atoms with Gasteiger partial charge in [-0.3, -0.25) is 9.59 Å². The number of hydrogen-bond donors (Lipinski definition) is 1. The summed E-state index contributed by atoms with van der Waals surface area (Å²) in [5.41, 5.74) is 1.22. The normalized spacial score (nSPS) is 17.5. The molecule has 1 aromatic heterocycles. The standard InChI is InChI=1S/C18H20N2O3S/c1-13-12-20(7-8-23-13)18(22)14-4-2-5-15(10-14)19-17(21)11-16-6-3-9-24-16/h2-6,9-10,13H,7-8,11-12H2,1H3,(H,19,21). The van der Waals surface area contributed by atoms with Crippen LogP contribution in [-0.2, 0) is 16.0 Å². The highest BCUT2D eigenvalue weighted by molar-refractivity contribution is 7.10. The number of benzene rings is 1. The molecule has 1 N–H and O–H groups in total. The molecule has 1 unspecified atom stereocenters. The Bertz CT molecular complexity index is 715. The summed E-state index contributed by atoms with van der Waals surface area (Å²) in [6.07, 6.45) is 0.396. The first-order valence-electron chi connectivity index (χ1n) is 7.95. The van der Waals surface area contributed by atoms with Crippen molar-refractivity contribution in [1.82, 2.24) is 4.90 Å². The molecule has 5 nitrogen and oxygen atoms in total. The van der Waals surface area contributed by atoms with Crippen LogP contribution >= 0.6 is 11.3 Å². The fourth-order valence-corrected chi connectivity index (χ4v) is 3.40. The second-order valence-electron chi connectivity index (χ2n) is 5.82. The molecule has 24 heavy (non-hydrogen) atoms. The van der Waals surface area contributed by atoms with E-state index in [9.17, 15) is 9.59 Å². The lowest BCUT2D eigenvalue weighted by Gasteiger charge is -2.31. The Hall–Kier alpha value is -2.18. The summed E-state index contributed by atoms with van der Waals surface area (Å²) in [6, 6.07) is 11.0. The van der Waals surface area contributed by atoms with Gasteiger partial charge >= 0.3 is 0 Å². The summed E-state index contributed by atoms with van der Waals surface area (Å²) >= 11 is 1.56. The number of carbonyl (C=O) groups excluding carboxylic acids is 2. The maximum Gasteiger partial charge on any atom is 0.254 e. The Morgan fingerprint density at radius 2 is 2.21 bits per heavy atom. The number of nitrogens with zero attached hydrogens (tertiary/aromatic N) is 1. The average Bonchev–Trinajstić information content (AvgIpc) is 3.07. The van der Waals surface area contributed by atoms with Crippen LogP contribution in [0.3, 0.4) is 0 Å². The van der Waals surface area contributed by atoms with E-state index in [0.717, 1.165) is 4.88 Å². The van der Waals surface area contributed by atoms with Gasteiger partial charge in [0.15, 0.2) is 0 Å². The fraction of sp³-hybridized carbons (Fsp3) is 0.333. The molecule has 6 heteroatoms. The summed E-state index contributed by atoms with van der Waals surface area (Å²) in [7, 11) is 0. The number of rotatable bonds is 4. The van der Waals surface area contributed by atoms with E-state index in [1.807, 2.05) is 24.4 Å². The fourth-order valence-electron chi connectivity index (χ4n) is 2.69. The van der Waals surface area contributed by atoms with Gasteiger partial charge in [-0.15, -0.1) is 11.3 Å². The molecule has 0 radical (unpaired) electrons. The number of thiophene rings is 1. The minimum Gasteiger partial charge on any atom is -0.375 e. The number of anilines is 1. The van der Waals surface area contributed by atoms with E-state index in [1.165, 1.54) is 0 Å². The van der Waals surface area contributed by atoms with Gasteiger partial charge in [0.05, 0.1) is 19.1 Å². The predicted octanol–water partition coefficient (Wildman–Crippen LogP) is 2.79. The molecular formula is C18H20N2O3S. The van der Waals surface area contributed by atoms with Gasteiger partial charge in [-0.2, -0.15) is 0 Å². The Morgan fingerprint density at radius 3 is 2.96 bits per heavy atom. The summed E-state index contributed by atoms with van der Waals surface area (Å²) in [5.74, 6) is -0.110.